The van der Waals surface area contributed by atoms with Crippen LogP contribution in [0.2, 0.25) is 0 Å². The molecule has 1 saturated heterocycles. The monoisotopic (exact) mass is 776 g/mol. The van der Waals surface area contributed by atoms with Crippen molar-refractivity contribution in [2.75, 3.05) is 49.1 Å². The number of carbonyl (C=O) groups is 5. The van der Waals surface area contributed by atoms with Crippen molar-refractivity contribution in [3.8, 4) is 5.75 Å². The van der Waals surface area contributed by atoms with Gasteiger partial charge in [0, 0.05) is 34.9 Å². The number of carbonyl (C=O) groups excluding carboxylic acids is 5. The van der Waals surface area contributed by atoms with Gasteiger partial charge in [-0.25, -0.2) is 0 Å². The third-order valence-electron chi connectivity index (χ3n) is 11.2. The number of likely N-dealkylation sites (N-methyl/N-ethyl adjacent to an activating group) is 2. The van der Waals surface area contributed by atoms with Gasteiger partial charge in [-0.1, -0.05) is 67.0 Å². The number of likely N-dealkylation sites (tertiary alicyclic amines) is 1. The Bertz CT molecular complexity index is 1420. The average molecular weight is 776 g/mol. The van der Waals surface area contributed by atoms with Gasteiger partial charge in [0.1, 0.15) is 11.8 Å². The normalized spacial score (nSPS) is 20.2. The molecule has 312 valence electrons. The van der Waals surface area contributed by atoms with Crippen LogP contribution in [0.4, 0.5) is 0 Å². The largest absolute Gasteiger partial charge is 0.496 e. The zero-order valence-corrected chi connectivity index (χ0v) is 35.6. The van der Waals surface area contributed by atoms with Crippen molar-refractivity contribution in [2.45, 2.75) is 123 Å². The number of hydrogen-bond donors (Lipinski definition) is 3. The van der Waals surface area contributed by atoms with E-state index in [4.69, 9.17) is 18.9 Å². The average Bonchev–Trinajstić information content (AvgIpc) is 3.60. The van der Waals surface area contributed by atoms with E-state index in [9.17, 15) is 24.0 Å². The Hall–Kier alpha value is -3.59. The molecular formula is C41H69N5O9. The Morgan fingerprint density at radius 2 is 1.49 bits per heavy atom. The SMILES string of the molecule is CC[C@H](C)[C@@H]([C@@H](CC(=O)N1C[C@H](OC)CC1[C@H](OC)[C@@H](C)C(=O)N[C@H](C)C(=O)c1ccccc1OC)OC)N(C)C(=O)[C@@H](NC(=O)[C@@H](NC)C(C)C)C(C)C. The number of hydrogen-bond acceptors (Lipinski definition) is 10. The van der Waals surface area contributed by atoms with Gasteiger partial charge in [-0.3, -0.25) is 24.0 Å². The molecule has 0 spiro atoms. The van der Waals surface area contributed by atoms with Crippen molar-refractivity contribution < 1.29 is 42.9 Å². The first kappa shape index (κ1) is 47.6. The van der Waals surface area contributed by atoms with Crippen LogP contribution in [0.25, 0.3) is 0 Å². The molecule has 14 nitrogen and oxygen atoms in total. The number of Topliss-reactive ketones (excluding diaryl/α,β-unsaturated/α-hetero) is 1. The van der Waals surface area contributed by atoms with E-state index >= 15 is 0 Å². The van der Waals surface area contributed by atoms with Crippen molar-refractivity contribution in [1.82, 2.24) is 25.8 Å². The van der Waals surface area contributed by atoms with Gasteiger partial charge in [-0.05, 0) is 50.3 Å². The van der Waals surface area contributed by atoms with Crippen LogP contribution < -0.4 is 20.7 Å². The van der Waals surface area contributed by atoms with Crippen LogP contribution in [0, 0.1) is 23.7 Å². The van der Waals surface area contributed by atoms with Crippen molar-refractivity contribution >= 4 is 29.4 Å². The summed E-state index contributed by atoms with van der Waals surface area (Å²) in [5.41, 5.74) is 0.359. The minimum absolute atomic E-state index is 0.0154. The molecule has 0 radical (unpaired) electrons. The molecule has 1 unspecified atom stereocenters. The van der Waals surface area contributed by atoms with Gasteiger partial charge in [0.15, 0.2) is 5.78 Å². The van der Waals surface area contributed by atoms with Crippen LogP contribution >= 0.6 is 0 Å². The lowest BCUT2D eigenvalue weighted by atomic mass is 9.89. The molecule has 1 fully saturated rings. The van der Waals surface area contributed by atoms with Crippen LogP contribution in [0.5, 0.6) is 5.75 Å². The van der Waals surface area contributed by atoms with Crippen molar-refractivity contribution in [3.63, 3.8) is 0 Å². The fourth-order valence-electron chi connectivity index (χ4n) is 7.69. The highest BCUT2D eigenvalue weighted by atomic mass is 16.5. The molecule has 14 heteroatoms. The Morgan fingerprint density at radius 1 is 0.873 bits per heavy atom. The molecule has 1 aliphatic rings. The quantitative estimate of drug-likeness (QED) is 0.149. The molecule has 0 aliphatic carbocycles. The molecule has 4 amide bonds. The second-order valence-electron chi connectivity index (χ2n) is 15.5. The number of ether oxygens (including phenoxy) is 4. The second-order valence-corrected chi connectivity index (χ2v) is 15.5. The minimum Gasteiger partial charge on any atom is -0.496 e. The summed E-state index contributed by atoms with van der Waals surface area (Å²) in [5, 5.41) is 8.85. The van der Waals surface area contributed by atoms with Crippen molar-refractivity contribution in [1.29, 1.82) is 0 Å². The van der Waals surface area contributed by atoms with Crippen LogP contribution in [-0.4, -0.2) is 137 Å². The lowest BCUT2D eigenvalue weighted by Gasteiger charge is -2.41. The van der Waals surface area contributed by atoms with Gasteiger partial charge >= 0.3 is 0 Å². The van der Waals surface area contributed by atoms with Gasteiger partial charge in [0.25, 0.3) is 0 Å². The smallest absolute Gasteiger partial charge is 0.245 e. The van der Waals surface area contributed by atoms with Gasteiger partial charge in [0.2, 0.25) is 23.6 Å². The fourth-order valence-corrected chi connectivity index (χ4v) is 7.69. The molecule has 2 rings (SSSR count). The highest BCUT2D eigenvalue weighted by molar-refractivity contribution is 6.03. The van der Waals surface area contributed by atoms with Crippen molar-refractivity contribution in [2.24, 2.45) is 23.7 Å². The minimum atomic E-state index is -0.847. The van der Waals surface area contributed by atoms with Crippen LogP contribution in [-0.2, 0) is 33.4 Å². The van der Waals surface area contributed by atoms with E-state index in [0.717, 1.165) is 0 Å². The summed E-state index contributed by atoms with van der Waals surface area (Å²) in [4.78, 5) is 72.0. The summed E-state index contributed by atoms with van der Waals surface area (Å²) < 4.78 is 23.0. The van der Waals surface area contributed by atoms with E-state index in [1.807, 2.05) is 41.5 Å². The predicted molar refractivity (Wildman–Crippen MR) is 212 cm³/mol. The number of rotatable bonds is 22. The first-order valence-electron chi connectivity index (χ1n) is 19.5. The Labute approximate surface area is 329 Å². The highest BCUT2D eigenvalue weighted by Gasteiger charge is 2.46. The lowest BCUT2D eigenvalue weighted by molar-refractivity contribution is -0.148. The maximum absolute atomic E-state index is 14.4. The highest BCUT2D eigenvalue weighted by Crippen LogP contribution is 2.31. The van der Waals surface area contributed by atoms with Crippen LogP contribution in [0.3, 0.4) is 0 Å². The zero-order valence-electron chi connectivity index (χ0n) is 35.6. The summed E-state index contributed by atoms with van der Waals surface area (Å²) in [7, 11) is 9.53. The topological polar surface area (TPSA) is 165 Å². The maximum atomic E-state index is 14.4. The number of benzene rings is 1. The van der Waals surface area contributed by atoms with E-state index in [1.54, 1.807) is 69.1 Å². The van der Waals surface area contributed by atoms with Gasteiger partial charge in [0.05, 0.1) is 67.5 Å². The summed E-state index contributed by atoms with van der Waals surface area (Å²) in [5.74, 6) is -2.03. The zero-order chi connectivity index (χ0) is 41.7. The van der Waals surface area contributed by atoms with E-state index in [2.05, 4.69) is 16.0 Å². The molecule has 3 N–H and O–H groups in total. The Kier molecular flexibility index (Phi) is 19.2. The summed E-state index contributed by atoms with van der Waals surface area (Å²) in [6.07, 6.45) is -0.628. The molecule has 0 aromatic heterocycles. The number of ketones is 1. The van der Waals surface area contributed by atoms with E-state index in [0.29, 0.717) is 24.2 Å². The van der Waals surface area contributed by atoms with Crippen molar-refractivity contribution in [3.05, 3.63) is 29.8 Å². The summed E-state index contributed by atoms with van der Waals surface area (Å²) >= 11 is 0. The number of nitrogens with one attached hydrogen (secondary N) is 3. The van der Waals surface area contributed by atoms with Crippen LogP contribution in [0.15, 0.2) is 24.3 Å². The Morgan fingerprint density at radius 3 is 2.00 bits per heavy atom. The van der Waals surface area contributed by atoms with E-state index in [1.165, 1.54) is 21.3 Å². The predicted octanol–water partition coefficient (Wildman–Crippen LogP) is 3.31. The second kappa shape index (κ2) is 22.2. The number of para-hydroxylation sites is 1. The first-order valence-corrected chi connectivity index (χ1v) is 19.5. The number of methoxy groups -OCH3 is 4. The summed E-state index contributed by atoms with van der Waals surface area (Å²) in [6, 6.07) is 3.71. The molecule has 1 aromatic rings. The summed E-state index contributed by atoms with van der Waals surface area (Å²) in [6.45, 7) is 15.3. The molecular weight excluding hydrogens is 706 g/mol. The standard InChI is InChI=1S/C41H69N5O9/c1-15-25(6)36(45(10)41(51)35(24(4)5)44-40(50)34(42-9)23(2)3)32(54-13)21-33(47)46-22-28(52-11)20-30(46)38(55-14)26(7)39(49)43-27(8)37(48)29-18-16-17-19-31(29)53-12/h16-19,23-28,30,32,34-36,38,42H,15,20-22H2,1-14H3,(H,43,49)(H,44,50)/t25-,26+,27+,28+,30?,32+,34-,35-,36-,38+/m0/s1. The van der Waals surface area contributed by atoms with E-state index in [-0.39, 0.29) is 60.3 Å². The number of nitrogens with zero attached hydrogens (tertiary/aromatic N) is 2. The number of amides is 4. The van der Waals surface area contributed by atoms with Crippen LogP contribution in [0.1, 0.15) is 85.0 Å². The molecule has 1 heterocycles. The molecule has 0 saturated carbocycles. The van der Waals surface area contributed by atoms with Gasteiger partial charge in [-0.15, -0.1) is 0 Å². The molecule has 0 bridgehead atoms. The van der Waals surface area contributed by atoms with Gasteiger partial charge in [-0.2, -0.15) is 0 Å². The Balaban J connectivity index is 2.34. The third kappa shape index (κ3) is 12.0. The fraction of sp³-hybridized carbons (Fsp3) is 0.732. The van der Waals surface area contributed by atoms with Gasteiger partial charge < -0.3 is 44.7 Å². The lowest BCUT2D eigenvalue weighted by Crippen LogP contribution is -2.59. The maximum Gasteiger partial charge on any atom is 0.245 e. The molecule has 1 aliphatic heterocycles. The first-order chi connectivity index (χ1) is 25.9. The van der Waals surface area contributed by atoms with E-state index < -0.39 is 54.2 Å². The molecule has 10 atom stereocenters. The molecule has 1 aromatic carbocycles. The third-order valence-corrected chi connectivity index (χ3v) is 11.2. The molecule has 55 heavy (non-hydrogen) atoms.